The molecule has 0 unspecified atom stereocenters. The molecule has 0 spiro atoms. The molecule has 0 atom stereocenters. The first-order chi connectivity index (χ1) is 12.5. The number of thiazole rings is 1. The molecule has 0 aliphatic carbocycles. The van der Waals surface area contributed by atoms with Crippen LogP contribution in [0.15, 0.2) is 47.5 Å². The Labute approximate surface area is 157 Å². The van der Waals surface area contributed by atoms with E-state index in [0.29, 0.717) is 23.7 Å². The molecule has 3 aromatic rings. The van der Waals surface area contributed by atoms with Gasteiger partial charge in [0.2, 0.25) is 0 Å². The average molecular weight is 369 g/mol. The van der Waals surface area contributed by atoms with Crippen LogP contribution < -0.4 is 9.54 Å². The van der Waals surface area contributed by atoms with E-state index in [2.05, 4.69) is 31.0 Å². The summed E-state index contributed by atoms with van der Waals surface area (Å²) in [6.45, 7) is 6.92. The van der Waals surface area contributed by atoms with Gasteiger partial charge in [-0.25, -0.2) is 0 Å². The first kappa shape index (κ1) is 18.4. The molecule has 1 heterocycles. The number of benzene rings is 2. The summed E-state index contributed by atoms with van der Waals surface area (Å²) in [5, 5.41) is 0. The second-order valence-electron chi connectivity index (χ2n) is 6.58. The van der Waals surface area contributed by atoms with Crippen LogP contribution in [-0.2, 0) is 18.3 Å². The van der Waals surface area contributed by atoms with Crippen LogP contribution in [0.1, 0.15) is 37.8 Å². The van der Waals surface area contributed by atoms with Gasteiger partial charge in [0.05, 0.1) is 23.2 Å². The van der Waals surface area contributed by atoms with Crippen LogP contribution in [0, 0.1) is 0 Å². The van der Waals surface area contributed by atoms with Crippen molar-refractivity contribution >= 4 is 27.5 Å². The molecule has 4 nitrogen and oxygen atoms in total. The number of amides is 1. The van der Waals surface area contributed by atoms with Gasteiger partial charge in [0.15, 0.2) is 4.80 Å². The number of carbonyl (C=O) groups is 1. The molecule has 0 aliphatic heterocycles. The molecule has 26 heavy (non-hydrogen) atoms. The van der Waals surface area contributed by atoms with Gasteiger partial charge < -0.3 is 9.30 Å². The van der Waals surface area contributed by atoms with Gasteiger partial charge in [-0.15, -0.1) is 0 Å². The quantitative estimate of drug-likeness (QED) is 0.668. The first-order valence-electron chi connectivity index (χ1n) is 8.86. The number of ether oxygens (including phenoxy) is 1. The molecule has 5 heteroatoms. The number of fused-ring (bicyclic) bond motifs is 1. The predicted molar refractivity (Wildman–Crippen MR) is 107 cm³/mol. The number of hydrogen-bond donors (Lipinski definition) is 0. The monoisotopic (exact) mass is 368 g/mol. The lowest BCUT2D eigenvalue weighted by Crippen LogP contribution is -2.14. The van der Waals surface area contributed by atoms with E-state index in [0.717, 1.165) is 21.5 Å². The maximum absolute atomic E-state index is 12.4. The van der Waals surface area contributed by atoms with Crippen molar-refractivity contribution in [1.29, 1.82) is 0 Å². The summed E-state index contributed by atoms with van der Waals surface area (Å²) >= 11 is 1.50. The minimum atomic E-state index is -0.130. The highest BCUT2D eigenvalue weighted by Crippen LogP contribution is 2.22. The average Bonchev–Trinajstić information content (AvgIpc) is 2.91. The zero-order valence-electron chi connectivity index (χ0n) is 15.7. The maximum Gasteiger partial charge on any atom is 0.252 e. The van der Waals surface area contributed by atoms with E-state index in [9.17, 15) is 4.79 Å². The van der Waals surface area contributed by atoms with Crippen molar-refractivity contribution in [3.8, 4) is 5.75 Å². The fourth-order valence-electron chi connectivity index (χ4n) is 2.82. The van der Waals surface area contributed by atoms with Crippen LogP contribution in [-0.4, -0.2) is 17.1 Å². The molecule has 1 aromatic heterocycles. The van der Waals surface area contributed by atoms with Crippen LogP contribution in [0.2, 0.25) is 0 Å². The van der Waals surface area contributed by atoms with Crippen molar-refractivity contribution in [3.05, 3.63) is 58.4 Å². The minimum absolute atomic E-state index is 0.130. The standard InChI is InChI=1S/C21H24N2O2S/c1-5-25-17-10-11-18-19(13-17)26-21(23(18)4)22-20(24)12-15-6-8-16(9-7-15)14(2)3/h6-11,13-14H,5,12H2,1-4H3. The lowest BCUT2D eigenvalue weighted by atomic mass is 10.0. The van der Waals surface area contributed by atoms with Crippen molar-refractivity contribution in [1.82, 2.24) is 4.57 Å². The number of hydrogen-bond acceptors (Lipinski definition) is 3. The first-order valence-corrected chi connectivity index (χ1v) is 9.68. The fourth-order valence-corrected chi connectivity index (χ4v) is 3.88. The number of carbonyl (C=O) groups excluding carboxylic acids is 1. The van der Waals surface area contributed by atoms with Crippen LogP contribution in [0.4, 0.5) is 0 Å². The lowest BCUT2D eigenvalue weighted by Gasteiger charge is -2.05. The Kier molecular flexibility index (Phi) is 5.57. The Bertz CT molecular complexity index is 981. The molecule has 0 radical (unpaired) electrons. The van der Waals surface area contributed by atoms with E-state index >= 15 is 0 Å². The summed E-state index contributed by atoms with van der Waals surface area (Å²) in [6, 6.07) is 14.1. The minimum Gasteiger partial charge on any atom is -0.494 e. The van der Waals surface area contributed by atoms with Gasteiger partial charge in [-0.05, 0) is 42.2 Å². The van der Waals surface area contributed by atoms with Crippen molar-refractivity contribution in [2.45, 2.75) is 33.1 Å². The van der Waals surface area contributed by atoms with Crippen LogP contribution in [0.25, 0.3) is 10.2 Å². The number of aromatic nitrogens is 1. The smallest absolute Gasteiger partial charge is 0.252 e. The van der Waals surface area contributed by atoms with Gasteiger partial charge in [0.25, 0.3) is 5.91 Å². The molecule has 2 aromatic carbocycles. The Hall–Kier alpha value is -2.40. The Morgan fingerprint density at radius 2 is 1.92 bits per heavy atom. The molecular formula is C21H24N2O2S. The SMILES string of the molecule is CCOc1ccc2c(c1)sc(=NC(=O)Cc1ccc(C(C)C)cc1)n2C. The Morgan fingerprint density at radius 3 is 2.58 bits per heavy atom. The van der Waals surface area contributed by atoms with Gasteiger partial charge in [-0.3, -0.25) is 4.79 Å². The number of rotatable bonds is 5. The van der Waals surface area contributed by atoms with Gasteiger partial charge in [-0.2, -0.15) is 4.99 Å². The Morgan fingerprint density at radius 1 is 1.19 bits per heavy atom. The molecular weight excluding hydrogens is 344 g/mol. The molecule has 3 rings (SSSR count). The van der Waals surface area contributed by atoms with Crippen LogP contribution >= 0.6 is 11.3 Å². The molecule has 0 aliphatic rings. The Balaban J connectivity index is 1.84. The molecule has 0 N–H and O–H groups in total. The maximum atomic E-state index is 12.4. The summed E-state index contributed by atoms with van der Waals surface area (Å²) in [4.78, 5) is 17.4. The van der Waals surface area contributed by atoms with E-state index in [1.807, 2.05) is 48.9 Å². The molecule has 0 saturated carbocycles. The highest BCUT2D eigenvalue weighted by atomic mass is 32.1. The highest BCUT2D eigenvalue weighted by Gasteiger charge is 2.08. The van der Waals surface area contributed by atoms with Crippen LogP contribution in [0.3, 0.4) is 0 Å². The predicted octanol–water partition coefficient (Wildman–Crippen LogP) is 4.43. The third-order valence-electron chi connectivity index (χ3n) is 4.31. The van der Waals surface area contributed by atoms with E-state index in [-0.39, 0.29) is 5.91 Å². The summed E-state index contributed by atoms with van der Waals surface area (Å²) in [7, 11) is 1.93. The highest BCUT2D eigenvalue weighted by molar-refractivity contribution is 7.16. The zero-order valence-corrected chi connectivity index (χ0v) is 16.5. The lowest BCUT2D eigenvalue weighted by molar-refractivity contribution is -0.117. The van der Waals surface area contributed by atoms with Crippen molar-refractivity contribution in [2.75, 3.05) is 6.61 Å². The summed E-state index contributed by atoms with van der Waals surface area (Å²) in [5.41, 5.74) is 3.32. The molecule has 136 valence electrons. The van der Waals surface area contributed by atoms with Crippen molar-refractivity contribution < 1.29 is 9.53 Å². The van der Waals surface area contributed by atoms with Crippen molar-refractivity contribution in [3.63, 3.8) is 0 Å². The summed E-state index contributed by atoms with van der Waals surface area (Å²) < 4.78 is 8.56. The topological polar surface area (TPSA) is 43.6 Å². The van der Waals surface area contributed by atoms with E-state index in [1.54, 1.807) is 0 Å². The van der Waals surface area contributed by atoms with Gasteiger partial charge in [0.1, 0.15) is 5.75 Å². The summed E-state index contributed by atoms with van der Waals surface area (Å²) in [5.74, 6) is 1.20. The molecule has 0 bridgehead atoms. The summed E-state index contributed by atoms with van der Waals surface area (Å²) in [6.07, 6.45) is 0.316. The van der Waals surface area contributed by atoms with Crippen molar-refractivity contribution in [2.24, 2.45) is 12.0 Å². The largest absolute Gasteiger partial charge is 0.494 e. The van der Waals surface area contributed by atoms with E-state index in [1.165, 1.54) is 16.9 Å². The molecule has 0 fully saturated rings. The molecule has 0 saturated heterocycles. The van der Waals surface area contributed by atoms with Gasteiger partial charge in [0, 0.05) is 7.05 Å². The molecule has 1 amide bonds. The van der Waals surface area contributed by atoms with Crippen LogP contribution in [0.5, 0.6) is 5.75 Å². The normalized spacial score (nSPS) is 12.1. The zero-order chi connectivity index (χ0) is 18.7. The van der Waals surface area contributed by atoms with E-state index < -0.39 is 0 Å². The third kappa shape index (κ3) is 4.05. The second-order valence-corrected chi connectivity index (χ2v) is 7.59. The fraction of sp³-hybridized carbons (Fsp3) is 0.333. The number of nitrogens with zero attached hydrogens (tertiary/aromatic N) is 2. The van der Waals surface area contributed by atoms with Gasteiger partial charge >= 0.3 is 0 Å². The second kappa shape index (κ2) is 7.87. The number of aryl methyl sites for hydroxylation is 1. The van der Waals surface area contributed by atoms with E-state index in [4.69, 9.17) is 4.74 Å². The third-order valence-corrected chi connectivity index (χ3v) is 5.41. The van der Waals surface area contributed by atoms with Gasteiger partial charge in [-0.1, -0.05) is 49.4 Å².